The molecule has 0 saturated heterocycles. The average molecular weight is 546 g/mol. The quantitative estimate of drug-likeness (QED) is 0.0962. The second kappa shape index (κ2) is 16.8. The van der Waals surface area contributed by atoms with Crippen molar-refractivity contribution in [2.45, 2.75) is 45.4 Å². The van der Waals surface area contributed by atoms with Crippen LogP contribution in [0.2, 0.25) is 5.02 Å². The lowest BCUT2D eigenvalue weighted by Gasteiger charge is -2.14. The van der Waals surface area contributed by atoms with Crippen LogP contribution in [0.3, 0.4) is 0 Å². The number of rotatable bonds is 16. The first kappa shape index (κ1) is 31.3. The topological polar surface area (TPSA) is 94.7 Å². The molecule has 1 atom stereocenters. The number of nitrogens with one attached hydrogen (secondary N) is 1. The second-order valence-electron chi connectivity index (χ2n) is 9.06. The molecule has 0 fully saturated rings. The monoisotopic (exact) mass is 545 g/mol. The highest BCUT2D eigenvalue weighted by Crippen LogP contribution is 2.28. The largest absolute Gasteiger partial charge is 0.457 e. The first-order valence-corrected chi connectivity index (χ1v) is 13.3. The molecule has 0 aliphatic rings. The average Bonchev–Trinajstić information content (AvgIpc) is 2.93. The smallest absolute Gasteiger partial charge is 0.274 e. The van der Waals surface area contributed by atoms with Gasteiger partial charge in [-0.1, -0.05) is 49.2 Å². The Morgan fingerprint density at radius 1 is 1.21 bits per heavy atom. The fourth-order valence-electron chi connectivity index (χ4n) is 3.95. The van der Waals surface area contributed by atoms with Gasteiger partial charge in [0, 0.05) is 18.4 Å². The van der Waals surface area contributed by atoms with E-state index in [1.54, 1.807) is 54.6 Å². The van der Waals surface area contributed by atoms with Gasteiger partial charge < -0.3 is 15.2 Å². The number of ether oxygens (including phenoxy) is 1. The van der Waals surface area contributed by atoms with Gasteiger partial charge in [0.05, 0.1) is 10.6 Å². The predicted molar refractivity (Wildman–Crippen MR) is 160 cm³/mol. The van der Waals surface area contributed by atoms with Crippen LogP contribution in [0.1, 0.15) is 51.0 Å². The van der Waals surface area contributed by atoms with Gasteiger partial charge in [-0.05, 0) is 92.8 Å². The Hall–Kier alpha value is -3.92. The Kier molecular flexibility index (Phi) is 13.5. The number of amides is 1. The molecule has 0 radical (unpaired) electrons. The number of carbonyl (C=O) groups is 1. The fraction of sp³-hybridized carbons (Fsp3) is 0.281. The van der Waals surface area contributed by atoms with Crippen LogP contribution < -0.4 is 10.1 Å². The molecule has 0 spiro atoms. The number of hydrogen-bond acceptors (Lipinski definition) is 5. The van der Waals surface area contributed by atoms with E-state index in [4.69, 9.17) is 21.6 Å². The normalized spacial score (nSPS) is 12.3. The zero-order chi connectivity index (χ0) is 28.6. The minimum atomic E-state index is -0.400. The number of carbonyl (C=O) groups excluding carboxylic acids is 1. The minimum absolute atomic E-state index is 0.167. The van der Waals surface area contributed by atoms with E-state index in [-0.39, 0.29) is 12.3 Å². The molecule has 6 nitrogen and oxygen atoms in total. The van der Waals surface area contributed by atoms with Gasteiger partial charge in [-0.2, -0.15) is 5.26 Å². The molecule has 204 valence electrons. The fourth-order valence-corrected chi connectivity index (χ4v) is 4.17. The number of hydrogen-bond donors (Lipinski definition) is 2. The summed E-state index contributed by atoms with van der Waals surface area (Å²) in [6.45, 7) is 13.9. The van der Waals surface area contributed by atoms with Crippen molar-refractivity contribution >= 4 is 29.9 Å². The van der Waals surface area contributed by atoms with Gasteiger partial charge in [-0.3, -0.25) is 9.79 Å². The number of aliphatic imine (C=N–C) groups is 1. The van der Waals surface area contributed by atoms with Gasteiger partial charge in [0.15, 0.2) is 0 Å². The van der Waals surface area contributed by atoms with Crippen LogP contribution >= 0.6 is 11.6 Å². The van der Waals surface area contributed by atoms with Gasteiger partial charge in [-0.15, -0.1) is 6.58 Å². The van der Waals surface area contributed by atoms with Crippen molar-refractivity contribution < 1.29 is 14.6 Å². The number of nitriles is 1. The van der Waals surface area contributed by atoms with Crippen molar-refractivity contribution in [2.24, 2.45) is 10.9 Å². The lowest BCUT2D eigenvalue weighted by atomic mass is 9.93. The molecule has 1 amide bonds. The zero-order valence-electron chi connectivity index (χ0n) is 22.5. The Labute approximate surface area is 236 Å². The third-order valence-electron chi connectivity index (χ3n) is 6.12. The third kappa shape index (κ3) is 10.4. The van der Waals surface area contributed by atoms with Crippen LogP contribution in [0, 0.1) is 17.2 Å². The van der Waals surface area contributed by atoms with Gasteiger partial charge in [0.1, 0.15) is 23.3 Å². The first-order chi connectivity index (χ1) is 18.8. The molecule has 0 heterocycles. The summed E-state index contributed by atoms with van der Waals surface area (Å²) in [6.07, 6.45) is 10.7. The highest BCUT2D eigenvalue weighted by molar-refractivity contribution is 6.31. The van der Waals surface area contributed by atoms with E-state index in [9.17, 15) is 9.90 Å². The predicted octanol–water partition coefficient (Wildman–Crippen LogP) is 8.16. The lowest BCUT2D eigenvalue weighted by molar-refractivity contribution is -0.112. The number of aliphatic hydroxyl groups is 1. The van der Waals surface area contributed by atoms with Gasteiger partial charge in [0.25, 0.3) is 5.91 Å². The van der Waals surface area contributed by atoms with Gasteiger partial charge >= 0.3 is 0 Å². The van der Waals surface area contributed by atoms with Crippen LogP contribution in [0.5, 0.6) is 11.5 Å². The minimum Gasteiger partial charge on any atom is -0.457 e. The molecule has 0 bridgehead atoms. The van der Waals surface area contributed by atoms with Crippen molar-refractivity contribution in [3.8, 4) is 17.6 Å². The molecular formula is C32H36ClN3O3. The number of anilines is 1. The third-order valence-corrected chi connectivity index (χ3v) is 6.43. The molecule has 0 saturated carbocycles. The highest BCUT2D eigenvalue weighted by Gasteiger charge is 2.10. The Morgan fingerprint density at radius 3 is 2.51 bits per heavy atom. The standard InChI is InChI=1S/C32H36ClN3O3/c1-5-8-24(22-37)11-7-10-23(3)25(9-6-2)13-19-31(35-4)32(38)36-27-14-17-28(18-15-27)39-29-16-12-26(21-34)30(33)20-29/h6,12-20,24,37H,2-5,7-11,22H2,1H3,(H,36,38)/b25-13+,31-19-. The summed E-state index contributed by atoms with van der Waals surface area (Å²) in [5.41, 5.74) is 3.04. The second-order valence-corrected chi connectivity index (χ2v) is 9.47. The molecule has 2 aromatic carbocycles. The van der Waals surface area contributed by atoms with Crippen molar-refractivity contribution in [2.75, 3.05) is 11.9 Å². The van der Waals surface area contributed by atoms with Crippen LogP contribution in [0.15, 0.2) is 95.7 Å². The van der Waals surface area contributed by atoms with E-state index < -0.39 is 5.91 Å². The van der Waals surface area contributed by atoms with E-state index in [1.165, 1.54) is 0 Å². The summed E-state index contributed by atoms with van der Waals surface area (Å²) in [4.78, 5) is 16.7. The summed E-state index contributed by atoms with van der Waals surface area (Å²) in [5.74, 6) is 0.962. The molecule has 2 N–H and O–H groups in total. The SMILES string of the molecule is C=CC/C(=C\C=C(/N=C)C(=O)Nc1ccc(Oc2ccc(C#N)c(Cl)c2)cc1)C(=C)CCCC(CO)CCC. The van der Waals surface area contributed by atoms with E-state index in [2.05, 4.69) is 37.1 Å². The first-order valence-electron chi connectivity index (χ1n) is 12.9. The van der Waals surface area contributed by atoms with Gasteiger partial charge in [-0.25, -0.2) is 0 Å². The summed E-state index contributed by atoms with van der Waals surface area (Å²) < 4.78 is 5.77. The molecule has 2 aromatic rings. The molecule has 0 aromatic heterocycles. The molecular weight excluding hydrogens is 510 g/mol. The lowest BCUT2D eigenvalue weighted by Crippen LogP contribution is -2.13. The summed E-state index contributed by atoms with van der Waals surface area (Å²) in [6, 6.07) is 13.7. The number of nitrogens with zero attached hydrogens (tertiary/aromatic N) is 2. The van der Waals surface area contributed by atoms with Crippen LogP contribution in [0.25, 0.3) is 0 Å². The van der Waals surface area contributed by atoms with E-state index in [1.807, 2.05) is 12.1 Å². The highest BCUT2D eigenvalue weighted by atomic mass is 35.5. The maximum atomic E-state index is 12.8. The maximum Gasteiger partial charge on any atom is 0.274 e. The van der Waals surface area contributed by atoms with E-state index >= 15 is 0 Å². The number of allylic oxidation sites excluding steroid dienone is 5. The summed E-state index contributed by atoms with van der Waals surface area (Å²) in [7, 11) is 0. The van der Waals surface area contributed by atoms with Crippen molar-refractivity contribution in [1.29, 1.82) is 5.26 Å². The molecule has 0 aliphatic carbocycles. The van der Waals surface area contributed by atoms with Crippen LogP contribution in [-0.2, 0) is 4.79 Å². The van der Waals surface area contributed by atoms with E-state index in [0.717, 1.165) is 43.3 Å². The van der Waals surface area contributed by atoms with Crippen molar-refractivity contribution in [3.63, 3.8) is 0 Å². The Morgan fingerprint density at radius 2 is 1.92 bits per heavy atom. The van der Waals surface area contributed by atoms with E-state index in [0.29, 0.717) is 40.1 Å². The molecule has 2 rings (SSSR count). The van der Waals surface area contributed by atoms with Gasteiger partial charge in [0.2, 0.25) is 0 Å². The molecule has 1 unspecified atom stereocenters. The number of halogens is 1. The molecule has 0 aliphatic heterocycles. The Balaban J connectivity index is 2.03. The van der Waals surface area contributed by atoms with Crippen molar-refractivity contribution in [3.05, 3.63) is 101 Å². The number of aliphatic hydroxyl groups excluding tert-OH is 1. The van der Waals surface area contributed by atoms with Crippen LogP contribution in [-0.4, -0.2) is 24.3 Å². The van der Waals surface area contributed by atoms with Crippen molar-refractivity contribution in [1.82, 2.24) is 0 Å². The summed E-state index contributed by atoms with van der Waals surface area (Å²) in [5, 5.41) is 21.6. The Bertz CT molecular complexity index is 1260. The molecule has 39 heavy (non-hydrogen) atoms. The maximum absolute atomic E-state index is 12.8. The molecule has 7 heteroatoms. The summed E-state index contributed by atoms with van der Waals surface area (Å²) >= 11 is 6.06. The van der Waals surface area contributed by atoms with Crippen LogP contribution in [0.4, 0.5) is 5.69 Å². The zero-order valence-corrected chi connectivity index (χ0v) is 23.2. The number of benzene rings is 2.